The minimum atomic E-state index is -0.761. The molecule has 39 heavy (non-hydrogen) atoms. The molecule has 0 bridgehead atoms. The number of aromatic hydroxyl groups is 2. The number of rotatable bonds is 6. The molecule has 0 saturated carbocycles. The number of ether oxygens (including phenoxy) is 3. The van der Waals surface area contributed by atoms with Crippen molar-refractivity contribution in [2.24, 2.45) is 5.16 Å². The second kappa shape index (κ2) is 14.9. The summed E-state index contributed by atoms with van der Waals surface area (Å²) in [6, 6.07) is 2.41. The van der Waals surface area contributed by atoms with Crippen molar-refractivity contribution in [2.75, 3.05) is 33.4 Å². The number of hydrogen-bond donors (Lipinski definition) is 2. The summed E-state index contributed by atoms with van der Waals surface area (Å²) in [6.45, 7) is 2.59. The summed E-state index contributed by atoms with van der Waals surface area (Å²) >= 11 is 0. The Bertz CT molecular complexity index is 1110. The van der Waals surface area contributed by atoms with Gasteiger partial charge >= 0.3 is 11.9 Å². The largest absolute Gasteiger partial charge is 0.508 e. The molecule has 0 aliphatic carbocycles. The van der Waals surface area contributed by atoms with Crippen LogP contribution in [0.3, 0.4) is 0 Å². The number of oxime groups is 1. The van der Waals surface area contributed by atoms with Gasteiger partial charge in [-0.1, -0.05) is 23.4 Å². The fourth-order valence-electron chi connectivity index (χ4n) is 4.25. The number of phenols is 2. The molecule has 1 aromatic carbocycles. The summed E-state index contributed by atoms with van der Waals surface area (Å²) in [4.78, 5) is 44.2. The summed E-state index contributed by atoms with van der Waals surface area (Å²) < 4.78 is 15.8. The Labute approximate surface area is 227 Å². The van der Waals surface area contributed by atoms with Crippen LogP contribution >= 0.6 is 0 Å². The summed E-state index contributed by atoms with van der Waals surface area (Å²) in [5, 5.41) is 24.7. The molecule has 0 unspecified atom stereocenters. The van der Waals surface area contributed by atoms with Crippen LogP contribution in [0.2, 0.25) is 0 Å². The summed E-state index contributed by atoms with van der Waals surface area (Å²) in [6.07, 6.45) is 9.65. The van der Waals surface area contributed by atoms with E-state index in [0.29, 0.717) is 31.6 Å². The molecule has 1 saturated heterocycles. The van der Waals surface area contributed by atoms with Gasteiger partial charge in [-0.25, -0.2) is 9.59 Å². The van der Waals surface area contributed by atoms with Crippen molar-refractivity contribution >= 4 is 23.6 Å². The number of amides is 1. The third kappa shape index (κ3) is 9.43. The lowest BCUT2D eigenvalue weighted by molar-refractivity contribution is -0.147. The van der Waals surface area contributed by atoms with Gasteiger partial charge in [-0.3, -0.25) is 4.79 Å². The molecule has 2 N–H and O–H groups in total. The number of benzene rings is 1. The monoisotopic (exact) mass is 544 g/mol. The van der Waals surface area contributed by atoms with E-state index < -0.39 is 29.9 Å². The minimum Gasteiger partial charge on any atom is -0.508 e. The summed E-state index contributed by atoms with van der Waals surface area (Å²) in [5.41, 5.74) is 0.497. The lowest BCUT2D eigenvalue weighted by atomic mass is 9.99. The van der Waals surface area contributed by atoms with Crippen molar-refractivity contribution in [1.29, 1.82) is 0 Å². The lowest BCUT2D eigenvalue weighted by Gasteiger charge is -2.26. The molecule has 1 fully saturated rings. The fraction of sp³-hybridized carbons (Fsp3) is 0.500. The van der Waals surface area contributed by atoms with Gasteiger partial charge < -0.3 is 34.2 Å². The number of nitrogens with zero attached hydrogens (tertiary/aromatic N) is 2. The van der Waals surface area contributed by atoms with Crippen LogP contribution < -0.4 is 0 Å². The zero-order valence-electron chi connectivity index (χ0n) is 22.3. The number of hydrogen-bond acceptors (Lipinski definition) is 10. The van der Waals surface area contributed by atoms with Crippen molar-refractivity contribution in [3.8, 4) is 11.5 Å². The van der Waals surface area contributed by atoms with Gasteiger partial charge in [0.05, 0.1) is 18.9 Å². The van der Waals surface area contributed by atoms with Gasteiger partial charge in [-0.05, 0) is 50.3 Å². The number of phenolic OH excluding ortho intramolecular Hbond substituents is 2. The highest BCUT2D eigenvalue weighted by Gasteiger charge is 2.23. The summed E-state index contributed by atoms with van der Waals surface area (Å²) in [5.74, 6) is -2.11. The van der Waals surface area contributed by atoms with Gasteiger partial charge in [0.2, 0.25) is 0 Å². The lowest BCUT2D eigenvalue weighted by Crippen LogP contribution is -2.37. The van der Waals surface area contributed by atoms with Crippen LogP contribution in [0.5, 0.6) is 11.5 Å². The Morgan fingerprint density at radius 3 is 2.62 bits per heavy atom. The van der Waals surface area contributed by atoms with Crippen molar-refractivity contribution in [3.63, 3.8) is 0 Å². The van der Waals surface area contributed by atoms with Crippen LogP contribution in [0.1, 0.15) is 54.9 Å². The summed E-state index contributed by atoms with van der Waals surface area (Å²) in [7, 11) is 1.27. The molecule has 0 spiro atoms. The highest BCUT2D eigenvalue weighted by molar-refractivity contribution is 6.00. The van der Waals surface area contributed by atoms with E-state index in [-0.39, 0.29) is 42.4 Å². The Morgan fingerprint density at radius 1 is 1.10 bits per heavy atom. The first-order chi connectivity index (χ1) is 18.8. The molecule has 1 aromatic rings. The minimum absolute atomic E-state index is 0.0152. The molecular formula is C28H36N2O9. The zero-order chi connectivity index (χ0) is 28.2. The molecule has 3 rings (SSSR count). The number of methoxy groups -OCH3 is 1. The first kappa shape index (κ1) is 29.7. The van der Waals surface area contributed by atoms with E-state index in [1.807, 2.05) is 0 Å². The quantitative estimate of drug-likeness (QED) is 0.314. The molecule has 11 heteroatoms. The number of carbonyl (C=O) groups is 3. The zero-order valence-corrected chi connectivity index (χ0v) is 22.3. The number of likely N-dealkylation sites (tertiary alicyclic amines) is 1. The number of piperidine rings is 1. The van der Waals surface area contributed by atoms with Crippen LogP contribution in [-0.2, 0) is 35.1 Å². The van der Waals surface area contributed by atoms with Crippen molar-refractivity contribution < 1.29 is 43.6 Å². The smallest absolute Gasteiger partial charge is 0.342 e. The number of fused-ring (bicyclic) bond motifs is 1. The number of cyclic esters (lactones) is 1. The predicted molar refractivity (Wildman–Crippen MR) is 141 cm³/mol. The molecule has 1 amide bonds. The molecule has 11 nitrogen and oxygen atoms in total. The molecule has 2 aliphatic heterocycles. The Kier molecular flexibility index (Phi) is 11.4. The Morgan fingerprint density at radius 2 is 1.87 bits per heavy atom. The highest BCUT2D eigenvalue weighted by Crippen LogP contribution is 2.29. The van der Waals surface area contributed by atoms with Gasteiger partial charge in [-0.2, -0.15) is 0 Å². The predicted octanol–water partition coefficient (Wildman–Crippen LogP) is 3.04. The van der Waals surface area contributed by atoms with Gasteiger partial charge in [0.15, 0.2) is 6.61 Å². The van der Waals surface area contributed by atoms with Crippen molar-refractivity contribution in [1.82, 2.24) is 4.90 Å². The fourth-order valence-corrected chi connectivity index (χ4v) is 4.25. The van der Waals surface area contributed by atoms with Crippen molar-refractivity contribution in [2.45, 2.75) is 57.7 Å². The van der Waals surface area contributed by atoms with Gasteiger partial charge in [0.25, 0.3) is 5.91 Å². The Balaban J connectivity index is 1.87. The highest BCUT2D eigenvalue weighted by atomic mass is 16.6. The van der Waals surface area contributed by atoms with E-state index in [0.717, 1.165) is 25.3 Å². The van der Waals surface area contributed by atoms with E-state index >= 15 is 0 Å². The number of carbonyl (C=O) groups excluding carboxylic acids is 3. The van der Waals surface area contributed by atoms with E-state index in [2.05, 4.69) is 9.89 Å². The maximum absolute atomic E-state index is 13.0. The van der Waals surface area contributed by atoms with Crippen LogP contribution in [0.25, 0.3) is 0 Å². The molecule has 0 aromatic heterocycles. The SMILES string of the molecule is COC(=O)CO[C@@H]1/C=C/C[C@@H](C)OC(=O)c2c(O)cc(O)cc2CC(=N/OCC(=O)N2CCCCC2)/C=C/C1. The number of allylic oxidation sites excluding steroid dienone is 1. The van der Waals surface area contributed by atoms with Crippen LogP contribution in [0.4, 0.5) is 0 Å². The molecular weight excluding hydrogens is 508 g/mol. The third-order valence-electron chi connectivity index (χ3n) is 6.29. The van der Waals surface area contributed by atoms with Gasteiger partial charge in [0.1, 0.15) is 29.8 Å². The molecule has 212 valence electrons. The van der Waals surface area contributed by atoms with Crippen LogP contribution in [0, 0.1) is 0 Å². The van der Waals surface area contributed by atoms with Gasteiger partial charge in [0, 0.05) is 32.0 Å². The first-order valence-electron chi connectivity index (χ1n) is 13.0. The maximum atomic E-state index is 13.0. The second-order valence-corrected chi connectivity index (χ2v) is 9.42. The second-order valence-electron chi connectivity index (χ2n) is 9.42. The number of esters is 2. The van der Waals surface area contributed by atoms with Crippen LogP contribution in [0.15, 0.2) is 41.6 Å². The Hall–Kier alpha value is -3.86. The first-order valence-corrected chi connectivity index (χ1v) is 13.0. The molecule has 2 heterocycles. The van der Waals surface area contributed by atoms with Crippen LogP contribution in [-0.4, -0.2) is 84.3 Å². The normalized spacial score (nSPS) is 23.2. The average molecular weight is 545 g/mol. The van der Waals surface area contributed by atoms with E-state index in [9.17, 15) is 24.6 Å². The van der Waals surface area contributed by atoms with E-state index in [4.69, 9.17) is 14.3 Å². The topological polar surface area (TPSA) is 144 Å². The maximum Gasteiger partial charge on any atom is 0.342 e. The van der Waals surface area contributed by atoms with Crippen molar-refractivity contribution in [3.05, 3.63) is 47.6 Å². The molecule has 2 atom stereocenters. The molecule has 2 aliphatic rings. The third-order valence-corrected chi connectivity index (χ3v) is 6.29. The standard InChI is InChI=1S/C28H36N2O9/c1-19-8-6-10-23(37-18-26(34)36-2)11-7-9-21(29-38-17-25(33)30-12-4-3-5-13-30)14-20-15-22(31)16-24(32)27(20)28(35)39-19/h6-7,9-10,15-16,19,23,31-32H,3-5,8,11-14,17-18H2,1-2H3/b9-7+,10-6+,29-21+/t19-,23-/m1/s1. The van der Waals surface area contributed by atoms with E-state index in [1.165, 1.54) is 13.2 Å². The van der Waals surface area contributed by atoms with Gasteiger partial charge in [-0.15, -0.1) is 0 Å². The molecule has 0 radical (unpaired) electrons. The average Bonchev–Trinajstić information content (AvgIpc) is 2.90. The van der Waals surface area contributed by atoms with E-state index in [1.54, 1.807) is 36.1 Å².